The van der Waals surface area contributed by atoms with Crippen LogP contribution in [0.2, 0.25) is 0 Å². The van der Waals surface area contributed by atoms with E-state index >= 15 is 0 Å². The molecule has 0 radical (unpaired) electrons. The Hall–Kier alpha value is -3.14. The largest absolute Gasteiger partial charge is 0.492 e. The van der Waals surface area contributed by atoms with Crippen LogP contribution >= 0.6 is 0 Å². The molecule has 3 aromatic carbocycles. The molecule has 0 atom stereocenters. The van der Waals surface area contributed by atoms with Crippen LogP contribution in [0.5, 0.6) is 5.75 Å². The summed E-state index contributed by atoms with van der Waals surface area (Å²) in [6.07, 6.45) is 0.663. The Balaban J connectivity index is 1.71. The Labute approximate surface area is 139 Å². The van der Waals surface area contributed by atoms with Gasteiger partial charge in [0.1, 0.15) is 5.75 Å². The van der Waals surface area contributed by atoms with Crippen LogP contribution in [-0.4, -0.2) is 18.2 Å². The van der Waals surface area contributed by atoms with Crippen molar-refractivity contribution < 1.29 is 9.53 Å². The Bertz CT molecular complexity index is 933. The number of fused-ring (bicyclic) bond motifs is 3. The number of benzene rings is 3. The van der Waals surface area contributed by atoms with Crippen LogP contribution in [0.15, 0.2) is 71.8 Å². The van der Waals surface area contributed by atoms with E-state index in [0.717, 1.165) is 27.8 Å². The Kier molecular flexibility index (Phi) is 3.71. The third-order valence-electron chi connectivity index (χ3n) is 4.10. The Morgan fingerprint density at radius 2 is 1.75 bits per heavy atom. The summed E-state index contributed by atoms with van der Waals surface area (Å²) >= 11 is 0. The first kappa shape index (κ1) is 14.5. The zero-order valence-electron chi connectivity index (χ0n) is 13.0. The summed E-state index contributed by atoms with van der Waals surface area (Å²) in [5.74, 6) is 0.601. The van der Waals surface area contributed by atoms with Crippen molar-refractivity contribution in [3.63, 3.8) is 0 Å². The molecule has 1 aliphatic rings. The smallest absolute Gasteiger partial charge is 0.271 e. The highest BCUT2D eigenvalue weighted by molar-refractivity contribution is 6.14. The number of nitrogens with zero attached hydrogens (tertiary/aromatic N) is 1. The Morgan fingerprint density at radius 3 is 2.62 bits per heavy atom. The maximum Gasteiger partial charge on any atom is 0.271 e. The lowest BCUT2D eigenvalue weighted by molar-refractivity contribution is 0.0954. The number of hydrazone groups is 1. The van der Waals surface area contributed by atoms with Gasteiger partial charge in [-0.15, -0.1) is 0 Å². The van der Waals surface area contributed by atoms with Crippen molar-refractivity contribution in [3.05, 3.63) is 77.9 Å². The monoisotopic (exact) mass is 316 g/mol. The van der Waals surface area contributed by atoms with Gasteiger partial charge in [-0.2, -0.15) is 5.10 Å². The van der Waals surface area contributed by atoms with Crippen LogP contribution < -0.4 is 10.2 Å². The third-order valence-corrected chi connectivity index (χ3v) is 4.10. The van der Waals surface area contributed by atoms with Gasteiger partial charge in [0, 0.05) is 17.5 Å². The minimum Gasteiger partial charge on any atom is -0.492 e. The van der Waals surface area contributed by atoms with Crippen LogP contribution in [0.25, 0.3) is 10.8 Å². The van der Waals surface area contributed by atoms with Gasteiger partial charge < -0.3 is 4.74 Å². The van der Waals surface area contributed by atoms with Gasteiger partial charge in [-0.05, 0) is 29.0 Å². The lowest BCUT2D eigenvalue weighted by atomic mass is 9.97. The molecule has 0 aliphatic carbocycles. The van der Waals surface area contributed by atoms with E-state index in [4.69, 9.17) is 4.74 Å². The fourth-order valence-corrected chi connectivity index (χ4v) is 2.94. The second-order valence-corrected chi connectivity index (χ2v) is 5.62. The molecule has 1 heterocycles. The fraction of sp³-hybridized carbons (Fsp3) is 0.100. The van der Waals surface area contributed by atoms with Crippen molar-refractivity contribution in [1.29, 1.82) is 0 Å². The first-order valence-electron chi connectivity index (χ1n) is 7.90. The molecule has 1 aliphatic heterocycles. The normalized spacial score (nSPS) is 14.9. The summed E-state index contributed by atoms with van der Waals surface area (Å²) in [6, 6.07) is 21.2. The molecule has 0 aromatic heterocycles. The van der Waals surface area contributed by atoms with E-state index in [1.165, 1.54) is 0 Å². The number of carbonyl (C=O) groups excluding carboxylic acids is 1. The van der Waals surface area contributed by atoms with E-state index in [0.29, 0.717) is 18.6 Å². The van der Waals surface area contributed by atoms with Crippen molar-refractivity contribution in [3.8, 4) is 5.75 Å². The highest BCUT2D eigenvalue weighted by Crippen LogP contribution is 2.32. The number of hydrogen-bond acceptors (Lipinski definition) is 3. The van der Waals surface area contributed by atoms with E-state index in [9.17, 15) is 4.79 Å². The second-order valence-electron chi connectivity index (χ2n) is 5.62. The average Bonchev–Trinajstić information content (AvgIpc) is 2.66. The van der Waals surface area contributed by atoms with E-state index in [-0.39, 0.29) is 5.91 Å². The van der Waals surface area contributed by atoms with Crippen molar-refractivity contribution >= 4 is 22.4 Å². The molecule has 1 amide bonds. The molecule has 24 heavy (non-hydrogen) atoms. The molecule has 4 rings (SSSR count). The quantitative estimate of drug-likeness (QED) is 0.732. The first-order valence-corrected chi connectivity index (χ1v) is 7.90. The Morgan fingerprint density at radius 1 is 0.958 bits per heavy atom. The molecule has 0 saturated heterocycles. The predicted molar refractivity (Wildman–Crippen MR) is 94.5 cm³/mol. The lowest BCUT2D eigenvalue weighted by Crippen LogP contribution is -2.23. The van der Waals surface area contributed by atoms with Crippen LogP contribution in [0.1, 0.15) is 22.3 Å². The summed E-state index contributed by atoms with van der Waals surface area (Å²) < 4.78 is 5.76. The molecular weight excluding hydrogens is 300 g/mol. The molecule has 0 saturated carbocycles. The molecule has 3 aromatic rings. The van der Waals surface area contributed by atoms with Crippen LogP contribution in [0, 0.1) is 0 Å². The zero-order chi connectivity index (χ0) is 16.4. The summed E-state index contributed by atoms with van der Waals surface area (Å²) in [5.41, 5.74) is 5.07. The van der Waals surface area contributed by atoms with Gasteiger partial charge >= 0.3 is 0 Å². The minimum atomic E-state index is -0.212. The van der Waals surface area contributed by atoms with Crippen LogP contribution in [0.3, 0.4) is 0 Å². The van der Waals surface area contributed by atoms with Crippen molar-refractivity contribution in [2.45, 2.75) is 6.42 Å². The van der Waals surface area contributed by atoms with Gasteiger partial charge in [0.15, 0.2) is 0 Å². The van der Waals surface area contributed by atoms with E-state index in [2.05, 4.69) is 22.7 Å². The summed E-state index contributed by atoms with van der Waals surface area (Å²) in [7, 11) is 0. The van der Waals surface area contributed by atoms with Gasteiger partial charge in [0.2, 0.25) is 0 Å². The predicted octanol–water partition coefficient (Wildman–Crippen LogP) is 3.76. The maximum atomic E-state index is 12.2. The number of hydrogen-bond donors (Lipinski definition) is 1. The number of amides is 1. The average molecular weight is 316 g/mol. The molecule has 0 spiro atoms. The lowest BCUT2D eigenvalue weighted by Gasteiger charge is -2.20. The van der Waals surface area contributed by atoms with Gasteiger partial charge in [0.05, 0.1) is 12.3 Å². The number of nitrogens with one attached hydrogen (secondary N) is 1. The number of ether oxygens (including phenoxy) is 1. The van der Waals surface area contributed by atoms with Crippen LogP contribution in [-0.2, 0) is 0 Å². The van der Waals surface area contributed by atoms with Gasteiger partial charge in [-0.1, -0.05) is 48.5 Å². The maximum absolute atomic E-state index is 12.2. The highest BCUT2D eigenvalue weighted by atomic mass is 16.5. The molecule has 0 fully saturated rings. The molecule has 1 N–H and O–H groups in total. The molecule has 118 valence electrons. The zero-order valence-corrected chi connectivity index (χ0v) is 13.0. The standard InChI is InChI=1S/C20H16N2O2/c23-20(15-7-2-1-3-8-15)22-21-17-12-13-24-18-11-10-14-6-4-5-9-16(14)19(17)18/h1-11H,12-13H2,(H,22,23)/b21-17+. The van der Waals surface area contributed by atoms with Gasteiger partial charge in [-0.25, -0.2) is 5.43 Å². The minimum absolute atomic E-state index is 0.212. The van der Waals surface area contributed by atoms with E-state index in [1.807, 2.05) is 42.5 Å². The van der Waals surface area contributed by atoms with Crippen molar-refractivity contribution in [2.24, 2.45) is 5.10 Å². The van der Waals surface area contributed by atoms with Crippen molar-refractivity contribution in [2.75, 3.05) is 6.61 Å². The molecular formula is C20H16N2O2. The molecule has 0 bridgehead atoms. The van der Waals surface area contributed by atoms with Gasteiger partial charge in [0.25, 0.3) is 5.91 Å². The topological polar surface area (TPSA) is 50.7 Å². The highest BCUT2D eigenvalue weighted by Gasteiger charge is 2.20. The summed E-state index contributed by atoms with van der Waals surface area (Å²) in [6.45, 7) is 0.561. The number of rotatable bonds is 2. The number of carbonyl (C=O) groups is 1. The van der Waals surface area contributed by atoms with E-state index < -0.39 is 0 Å². The molecule has 4 heteroatoms. The summed E-state index contributed by atoms with van der Waals surface area (Å²) in [5, 5.41) is 6.60. The molecule has 4 nitrogen and oxygen atoms in total. The first-order chi connectivity index (χ1) is 11.8. The van der Waals surface area contributed by atoms with E-state index in [1.54, 1.807) is 12.1 Å². The second kappa shape index (κ2) is 6.16. The fourth-order valence-electron chi connectivity index (χ4n) is 2.94. The van der Waals surface area contributed by atoms with Gasteiger partial charge in [-0.3, -0.25) is 4.79 Å². The van der Waals surface area contributed by atoms with Crippen LogP contribution in [0.4, 0.5) is 0 Å². The molecule has 0 unspecified atom stereocenters. The van der Waals surface area contributed by atoms with Crippen molar-refractivity contribution in [1.82, 2.24) is 5.43 Å². The summed E-state index contributed by atoms with van der Waals surface area (Å²) in [4.78, 5) is 12.2. The third kappa shape index (κ3) is 2.63. The SMILES string of the molecule is O=C(N/N=C1\CCOc2ccc3ccccc3c21)c1ccccc1.